The third-order valence-electron chi connectivity index (χ3n) is 1.90. The maximum absolute atomic E-state index is 5.86. The molecule has 0 bridgehead atoms. The second-order valence-corrected chi connectivity index (χ2v) is 4.10. The van der Waals surface area contributed by atoms with Gasteiger partial charge in [-0.25, -0.2) is 0 Å². The number of thiophene rings is 1. The van der Waals surface area contributed by atoms with Crippen LogP contribution >= 0.6 is 24.0 Å². The van der Waals surface area contributed by atoms with Crippen LogP contribution in [0.4, 0.5) is 5.69 Å². The van der Waals surface area contributed by atoms with E-state index < -0.39 is 0 Å². The van der Waals surface area contributed by atoms with Gasteiger partial charge in [0.15, 0.2) is 0 Å². The molecule has 2 rings (SSSR count). The first-order valence-electron chi connectivity index (χ1n) is 3.76. The fourth-order valence-electron chi connectivity index (χ4n) is 1.27. The molecular formula is C9H9NOS2. The molecule has 4 heteroatoms. The van der Waals surface area contributed by atoms with Crippen LogP contribution in [0.25, 0.3) is 10.1 Å². The van der Waals surface area contributed by atoms with E-state index in [2.05, 4.69) is 12.6 Å². The molecule has 13 heavy (non-hydrogen) atoms. The standard InChI is InChI=1S/C9H9NOS2/c1-11-5-2-6(10)9-7(12)4-13-8(9)3-5/h2-4,12H,10H2,1H3. The molecule has 68 valence electrons. The van der Waals surface area contributed by atoms with Crippen LogP contribution in [0.15, 0.2) is 22.4 Å². The predicted octanol–water partition coefficient (Wildman–Crippen LogP) is 2.78. The Kier molecular flexibility index (Phi) is 2.09. The van der Waals surface area contributed by atoms with Gasteiger partial charge in [-0.2, -0.15) is 0 Å². The Balaban J connectivity index is 2.79. The maximum atomic E-state index is 5.86. The molecule has 2 N–H and O–H groups in total. The summed E-state index contributed by atoms with van der Waals surface area (Å²) < 4.78 is 6.23. The molecule has 0 saturated carbocycles. The minimum absolute atomic E-state index is 0.723. The molecule has 0 saturated heterocycles. The Labute approximate surface area is 85.7 Å². The van der Waals surface area contributed by atoms with Crippen LogP contribution in [0.1, 0.15) is 0 Å². The monoisotopic (exact) mass is 211 g/mol. The fraction of sp³-hybridized carbons (Fsp3) is 0.111. The van der Waals surface area contributed by atoms with Crippen LogP contribution in [0, 0.1) is 0 Å². The van der Waals surface area contributed by atoms with Crippen LogP contribution in [-0.4, -0.2) is 7.11 Å². The summed E-state index contributed by atoms with van der Waals surface area (Å²) in [4.78, 5) is 0.931. The first kappa shape index (κ1) is 8.72. The fourth-order valence-corrected chi connectivity index (χ4v) is 2.64. The van der Waals surface area contributed by atoms with E-state index in [0.717, 1.165) is 26.4 Å². The number of methoxy groups -OCH3 is 1. The van der Waals surface area contributed by atoms with E-state index in [-0.39, 0.29) is 0 Å². The molecule has 0 atom stereocenters. The molecule has 0 unspecified atom stereocenters. The van der Waals surface area contributed by atoms with Gasteiger partial charge >= 0.3 is 0 Å². The topological polar surface area (TPSA) is 35.2 Å². The van der Waals surface area contributed by atoms with E-state index in [1.54, 1.807) is 18.4 Å². The number of anilines is 1. The number of rotatable bonds is 1. The zero-order valence-corrected chi connectivity index (χ0v) is 8.78. The second-order valence-electron chi connectivity index (χ2n) is 2.71. The van der Waals surface area contributed by atoms with Crippen molar-refractivity contribution in [3.05, 3.63) is 17.5 Å². The lowest BCUT2D eigenvalue weighted by atomic mass is 10.2. The van der Waals surface area contributed by atoms with Crippen molar-refractivity contribution in [2.75, 3.05) is 12.8 Å². The number of ether oxygens (including phenoxy) is 1. The molecule has 0 aliphatic rings. The van der Waals surface area contributed by atoms with Crippen molar-refractivity contribution in [2.45, 2.75) is 4.90 Å². The van der Waals surface area contributed by atoms with Crippen molar-refractivity contribution in [1.29, 1.82) is 0 Å². The summed E-state index contributed by atoms with van der Waals surface area (Å²) in [5.74, 6) is 0.792. The van der Waals surface area contributed by atoms with Gasteiger partial charge in [-0.3, -0.25) is 0 Å². The Bertz CT molecular complexity index is 450. The Morgan fingerprint density at radius 1 is 1.46 bits per heavy atom. The van der Waals surface area contributed by atoms with Crippen molar-refractivity contribution in [1.82, 2.24) is 0 Å². The van der Waals surface area contributed by atoms with E-state index in [4.69, 9.17) is 10.5 Å². The number of hydrogen-bond donors (Lipinski definition) is 2. The summed E-state index contributed by atoms with van der Waals surface area (Å²) in [6.07, 6.45) is 0. The van der Waals surface area contributed by atoms with Crippen LogP contribution in [0.2, 0.25) is 0 Å². The van der Waals surface area contributed by atoms with E-state index in [9.17, 15) is 0 Å². The minimum Gasteiger partial charge on any atom is -0.497 e. The highest BCUT2D eigenvalue weighted by atomic mass is 32.1. The number of nitrogen functional groups attached to an aromatic ring is 1. The normalized spacial score (nSPS) is 10.6. The quantitative estimate of drug-likeness (QED) is 0.562. The summed E-state index contributed by atoms with van der Waals surface area (Å²) in [6, 6.07) is 3.78. The SMILES string of the molecule is COc1cc(N)c2c(S)csc2c1. The van der Waals surface area contributed by atoms with Crippen LogP contribution < -0.4 is 10.5 Å². The van der Waals surface area contributed by atoms with E-state index in [1.165, 1.54) is 0 Å². The molecule has 0 fully saturated rings. The summed E-state index contributed by atoms with van der Waals surface area (Å²) in [7, 11) is 1.63. The van der Waals surface area contributed by atoms with Crippen molar-refractivity contribution in [3.8, 4) is 5.75 Å². The number of thiol groups is 1. The molecule has 0 amide bonds. The lowest BCUT2D eigenvalue weighted by molar-refractivity contribution is 0.415. The van der Waals surface area contributed by atoms with Gasteiger partial charge in [0, 0.05) is 32.1 Å². The lowest BCUT2D eigenvalue weighted by Gasteiger charge is -2.02. The smallest absolute Gasteiger partial charge is 0.122 e. The average molecular weight is 211 g/mol. The van der Waals surface area contributed by atoms with Crippen LogP contribution in [0.5, 0.6) is 5.75 Å². The van der Waals surface area contributed by atoms with Crippen molar-refractivity contribution >= 4 is 39.7 Å². The van der Waals surface area contributed by atoms with Gasteiger partial charge in [-0.15, -0.1) is 24.0 Å². The molecule has 0 radical (unpaired) electrons. The molecule has 0 aliphatic heterocycles. The molecular weight excluding hydrogens is 202 g/mol. The Morgan fingerprint density at radius 2 is 2.23 bits per heavy atom. The van der Waals surface area contributed by atoms with Gasteiger partial charge in [-0.05, 0) is 6.07 Å². The number of fused-ring (bicyclic) bond motifs is 1. The number of nitrogens with two attached hydrogens (primary N) is 1. The molecule has 0 spiro atoms. The number of hydrogen-bond acceptors (Lipinski definition) is 4. The second kappa shape index (κ2) is 3.12. The Hall–Kier alpha value is -0.870. The van der Waals surface area contributed by atoms with Crippen molar-refractivity contribution in [3.63, 3.8) is 0 Å². The highest BCUT2D eigenvalue weighted by Crippen LogP contribution is 2.36. The summed E-state index contributed by atoms with van der Waals surface area (Å²) in [5.41, 5.74) is 6.58. The van der Waals surface area contributed by atoms with Gasteiger partial charge < -0.3 is 10.5 Å². The highest BCUT2D eigenvalue weighted by Gasteiger charge is 2.06. The third kappa shape index (κ3) is 1.36. The summed E-state index contributed by atoms with van der Waals surface area (Å²) in [6.45, 7) is 0. The van der Waals surface area contributed by atoms with Gasteiger partial charge in [0.25, 0.3) is 0 Å². The van der Waals surface area contributed by atoms with Gasteiger partial charge in [0.1, 0.15) is 5.75 Å². The van der Waals surface area contributed by atoms with Gasteiger partial charge in [0.05, 0.1) is 7.11 Å². The first-order valence-corrected chi connectivity index (χ1v) is 5.08. The molecule has 1 heterocycles. The number of benzene rings is 1. The molecule has 0 aliphatic carbocycles. The molecule has 1 aromatic carbocycles. The van der Waals surface area contributed by atoms with Crippen LogP contribution in [-0.2, 0) is 0 Å². The average Bonchev–Trinajstić information content (AvgIpc) is 2.48. The Morgan fingerprint density at radius 3 is 2.92 bits per heavy atom. The predicted molar refractivity (Wildman–Crippen MR) is 60.0 cm³/mol. The maximum Gasteiger partial charge on any atom is 0.122 e. The largest absolute Gasteiger partial charge is 0.497 e. The zero-order valence-electron chi connectivity index (χ0n) is 7.07. The van der Waals surface area contributed by atoms with Crippen molar-refractivity contribution < 1.29 is 4.74 Å². The summed E-state index contributed by atoms with van der Waals surface area (Å²) >= 11 is 5.95. The molecule has 2 nitrogen and oxygen atoms in total. The minimum atomic E-state index is 0.723. The van der Waals surface area contributed by atoms with E-state index >= 15 is 0 Å². The van der Waals surface area contributed by atoms with E-state index in [1.807, 2.05) is 17.5 Å². The molecule has 1 aromatic heterocycles. The highest BCUT2D eigenvalue weighted by molar-refractivity contribution is 7.80. The van der Waals surface area contributed by atoms with Crippen molar-refractivity contribution in [2.24, 2.45) is 0 Å². The van der Waals surface area contributed by atoms with Gasteiger partial charge in [0.2, 0.25) is 0 Å². The zero-order chi connectivity index (χ0) is 9.42. The van der Waals surface area contributed by atoms with Gasteiger partial charge in [-0.1, -0.05) is 0 Å². The third-order valence-corrected chi connectivity index (χ3v) is 3.35. The lowest BCUT2D eigenvalue weighted by Crippen LogP contribution is -1.88. The molecule has 2 aromatic rings. The van der Waals surface area contributed by atoms with E-state index in [0.29, 0.717) is 0 Å². The first-order chi connectivity index (χ1) is 6.22. The van der Waals surface area contributed by atoms with Crippen LogP contribution in [0.3, 0.4) is 0 Å². The summed E-state index contributed by atoms with van der Waals surface area (Å²) in [5, 5.41) is 3.00.